The first-order valence-electron chi connectivity index (χ1n) is 44.0. The summed E-state index contributed by atoms with van der Waals surface area (Å²) in [6.45, 7) is 6.55. The summed E-state index contributed by atoms with van der Waals surface area (Å²) in [6.07, 6.45) is 4.37. The number of nitrogens with one attached hydrogen (secondary N) is 4. The lowest BCUT2D eigenvalue weighted by atomic mass is 9.88. The lowest BCUT2D eigenvalue weighted by molar-refractivity contribution is -0.282. The molecule has 18 atom stereocenters. The third kappa shape index (κ3) is 43.3. The van der Waals surface area contributed by atoms with E-state index in [9.17, 15) is 89.1 Å². The number of carbonyl (C=O) groups is 9. The van der Waals surface area contributed by atoms with E-state index in [0.29, 0.717) is 123 Å². The second-order valence-corrected chi connectivity index (χ2v) is 32.4. The van der Waals surface area contributed by atoms with Gasteiger partial charge in [0.05, 0.1) is 109 Å². The molecule has 4 aliphatic rings. The van der Waals surface area contributed by atoms with Crippen LogP contribution in [0.2, 0.25) is 0 Å². The van der Waals surface area contributed by atoms with Gasteiger partial charge in [0.2, 0.25) is 23.6 Å². The standard InChI is InChI=1S/C84H149N5O30/c1-58-74(101)77(104)65(53-90)117-80(58)113-45-23-31-62(93)29-15-9-6-14-22-43-87-83(107)116-49-27-40-84(88-70(97)38-37-63(94)30-18-19-34-71(98)89-52-64(109-5)51-61(89)56-108-4,39-26-48-111-72(99)35-16-10-7-12-20-41-85-68(95)32-24-46-114-81-59(2)75(102)78(105)66(54-91)118-81)57-110-44-28-50-112-73(100)36-17-11-8-13-21-42-86-69(96)33-25-47-115-82-60(3)76(103)79(106)67(55-92)119-82/h58-61,64-67,74-82,90-92,101-106H,6-57H2,1-5H3,(H,85,95)(H,86,96)(H,87,107)(H,88,97)/t58?,59?,60?,61-,64+,65?,66?,67?,74?,75?,76?,77?,78?,79?,80?,81?,82?,84?/m1/s1. The molecule has 0 aromatic rings. The maximum absolute atomic E-state index is 14.1. The number of unbranched alkanes of at least 4 members (excludes halogenated alkanes) is 13. The zero-order valence-electron chi connectivity index (χ0n) is 71.6. The van der Waals surface area contributed by atoms with Crippen molar-refractivity contribution in [3.8, 4) is 0 Å². The van der Waals surface area contributed by atoms with Gasteiger partial charge in [0, 0.05) is 135 Å². The van der Waals surface area contributed by atoms with Crippen LogP contribution in [0.15, 0.2) is 0 Å². The van der Waals surface area contributed by atoms with E-state index in [-0.39, 0.29) is 171 Å². The van der Waals surface area contributed by atoms with E-state index in [4.69, 9.17) is 56.8 Å². The smallest absolute Gasteiger partial charge is 0.407 e. The molecule has 13 N–H and O–H groups in total. The summed E-state index contributed by atoms with van der Waals surface area (Å²) < 4.78 is 67.9. The first kappa shape index (κ1) is 106. The van der Waals surface area contributed by atoms with Crippen LogP contribution in [0.4, 0.5) is 4.79 Å². The Balaban J connectivity index is 1.25. The molecule has 0 bridgehead atoms. The molecule has 16 unspecified atom stereocenters. The van der Waals surface area contributed by atoms with E-state index in [1.807, 2.05) is 0 Å². The number of hydrogen-bond donors (Lipinski definition) is 13. The van der Waals surface area contributed by atoms with E-state index in [2.05, 4.69) is 21.3 Å². The molecule has 4 fully saturated rings. The van der Waals surface area contributed by atoms with Gasteiger partial charge in [-0.2, -0.15) is 0 Å². The first-order valence-corrected chi connectivity index (χ1v) is 44.0. The number of hydrogen-bond acceptors (Lipinski definition) is 30. The van der Waals surface area contributed by atoms with E-state index < -0.39 is 135 Å². The molecule has 0 aromatic carbocycles. The summed E-state index contributed by atoms with van der Waals surface area (Å²) in [4.78, 5) is 119. The van der Waals surface area contributed by atoms with E-state index in [1.54, 1.807) is 39.9 Å². The van der Waals surface area contributed by atoms with Gasteiger partial charge in [-0.1, -0.05) is 78.6 Å². The minimum absolute atomic E-state index is 0.0182. The van der Waals surface area contributed by atoms with Crippen LogP contribution in [-0.4, -0.2) is 315 Å². The molecule has 35 nitrogen and oxygen atoms in total. The van der Waals surface area contributed by atoms with Gasteiger partial charge in [0.1, 0.15) is 48.2 Å². The lowest BCUT2D eigenvalue weighted by Gasteiger charge is -2.40. The molecule has 4 saturated heterocycles. The minimum Gasteiger partial charge on any atom is -0.466 e. The highest BCUT2D eigenvalue weighted by molar-refractivity contribution is 5.85. The van der Waals surface area contributed by atoms with Crippen molar-refractivity contribution in [2.45, 2.75) is 343 Å². The van der Waals surface area contributed by atoms with Gasteiger partial charge < -0.3 is 129 Å². The minimum atomic E-state index is -1.23. The summed E-state index contributed by atoms with van der Waals surface area (Å²) in [5.74, 6) is -3.11. The Bertz CT molecular complexity index is 2720. The van der Waals surface area contributed by atoms with Crippen LogP contribution in [0.1, 0.15) is 252 Å². The number of alkyl carbamates (subject to hydrolysis) is 1. The third-order valence-electron chi connectivity index (χ3n) is 22.5. The third-order valence-corrected chi connectivity index (χ3v) is 22.5. The van der Waals surface area contributed by atoms with Crippen molar-refractivity contribution in [3.05, 3.63) is 0 Å². The largest absolute Gasteiger partial charge is 0.466 e. The Morgan fingerprint density at radius 1 is 0.403 bits per heavy atom. The zero-order valence-corrected chi connectivity index (χ0v) is 71.6. The quantitative estimate of drug-likeness (QED) is 0.0230. The highest BCUT2D eigenvalue weighted by Crippen LogP contribution is 2.31. The average molecular weight is 1710 g/mol. The Labute approximate surface area is 703 Å². The van der Waals surface area contributed by atoms with Crippen LogP contribution in [-0.2, 0) is 95.2 Å². The van der Waals surface area contributed by atoms with Crippen molar-refractivity contribution in [1.29, 1.82) is 0 Å². The number of rotatable bonds is 68. The second kappa shape index (κ2) is 62.8. The number of amides is 5. The molecule has 4 rings (SSSR count). The molecule has 0 aromatic heterocycles. The van der Waals surface area contributed by atoms with Crippen LogP contribution in [0.5, 0.6) is 0 Å². The van der Waals surface area contributed by atoms with Gasteiger partial charge in [-0.3, -0.25) is 38.4 Å². The Hall–Kier alpha value is -5.29. The van der Waals surface area contributed by atoms with Crippen molar-refractivity contribution in [2.75, 3.05) is 120 Å². The number of aliphatic hydroxyl groups excluding tert-OH is 9. The number of methoxy groups -OCH3 is 2. The summed E-state index contributed by atoms with van der Waals surface area (Å²) in [5, 5.41) is 101. The SMILES string of the molecule is COC[C@H]1C[C@H](OC)CN1C(=O)CCCCC(=O)CCC(=O)NC(CCCOC(=O)CCCCCCCNC(=O)CCCOC1OC(CO)C(O)C(O)C1C)(CCCOC(=O)NCCCCCCCC(=O)CCCOC1OC(CO)C(O)C(O)C1C)COCCCOC(=O)CCCCCCCNC(=O)CCCOC1OC(CO)C(O)C(O)C1C. The molecule has 35 heteroatoms. The Morgan fingerprint density at radius 3 is 1.26 bits per heavy atom. The van der Waals surface area contributed by atoms with E-state index in [0.717, 1.165) is 70.6 Å². The molecule has 5 amide bonds. The predicted octanol–water partition coefficient (Wildman–Crippen LogP) is 4.23. The first-order chi connectivity index (χ1) is 57.3. The number of Topliss-reactive ketones (excluding diaryl/α,β-unsaturated/α-hetero) is 2. The van der Waals surface area contributed by atoms with Crippen LogP contribution in [0.25, 0.3) is 0 Å². The van der Waals surface area contributed by atoms with Crippen molar-refractivity contribution >= 4 is 53.2 Å². The fourth-order valence-corrected chi connectivity index (χ4v) is 14.9. The van der Waals surface area contributed by atoms with Crippen LogP contribution < -0.4 is 21.3 Å². The van der Waals surface area contributed by atoms with Crippen LogP contribution >= 0.6 is 0 Å². The summed E-state index contributed by atoms with van der Waals surface area (Å²) in [5.41, 5.74) is -1.11. The number of ketones is 2. The molecule has 4 aliphatic heterocycles. The Kier molecular flexibility index (Phi) is 55.9. The normalized spacial score (nSPS) is 25.5. The van der Waals surface area contributed by atoms with Crippen molar-refractivity contribution in [1.82, 2.24) is 26.2 Å². The molecule has 0 aliphatic carbocycles. The van der Waals surface area contributed by atoms with Crippen LogP contribution in [0, 0.1) is 17.8 Å². The molecule has 0 spiro atoms. The summed E-state index contributed by atoms with van der Waals surface area (Å²) in [7, 11) is 3.21. The highest BCUT2D eigenvalue weighted by atomic mass is 16.7. The fraction of sp³-hybridized carbons (Fsp3) is 0.893. The van der Waals surface area contributed by atoms with Crippen molar-refractivity contribution in [2.24, 2.45) is 17.8 Å². The van der Waals surface area contributed by atoms with Gasteiger partial charge in [-0.15, -0.1) is 0 Å². The highest BCUT2D eigenvalue weighted by Gasteiger charge is 2.45. The average Bonchev–Trinajstić information content (AvgIpc) is 1.59. The molecular weight excluding hydrogens is 1560 g/mol. The molecule has 0 radical (unpaired) electrons. The second-order valence-electron chi connectivity index (χ2n) is 32.4. The van der Waals surface area contributed by atoms with Crippen molar-refractivity contribution in [3.63, 3.8) is 0 Å². The van der Waals surface area contributed by atoms with Gasteiger partial charge in [0.25, 0.3) is 0 Å². The van der Waals surface area contributed by atoms with E-state index >= 15 is 0 Å². The van der Waals surface area contributed by atoms with Gasteiger partial charge in [-0.25, -0.2) is 4.79 Å². The number of ether oxygens (including phenoxy) is 12. The Morgan fingerprint density at radius 2 is 0.798 bits per heavy atom. The molecular formula is C84H149N5O30. The zero-order chi connectivity index (χ0) is 87.2. The van der Waals surface area contributed by atoms with Crippen molar-refractivity contribution < 1.29 is 146 Å². The number of likely N-dealkylation sites (tertiary alicyclic amines) is 1. The van der Waals surface area contributed by atoms with Gasteiger partial charge in [0.15, 0.2) is 18.9 Å². The summed E-state index contributed by atoms with van der Waals surface area (Å²) >= 11 is 0. The number of esters is 2. The maximum Gasteiger partial charge on any atom is 0.407 e. The number of nitrogens with zero attached hydrogens (tertiary/aromatic N) is 1. The maximum atomic E-state index is 14.1. The van der Waals surface area contributed by atoms with Gasteiger partial charge >= 0.3 is 18.0 Å². The monoisotopic (exact) mass is 1710 g/mol. The molecule has 0 saturated carbocycles. The number of carbonyl (C=O) groups excluding carboxylic acids is 9. The molecule has 119 heavy (non-hydrogen) atoms. The fourth-order valence-electron chi connectivity index (χ4n) is 14.9. The number of aliphatic hydroxyl groups is 9. The topological polar surface area (TPSA) is 498 Å². The predicted molar refractivity (Wildman–Crippen MR) is 432 cm³/mol. The molecule has 690 valence electrons. The van der Waals surface area contributed by atoms with Gasteiger partial charge in [-0.05, 0) is 103 Å². The van der Waals surface area contributed by atoms with Crippen LogP contribution in [0.3, 0.4) is 0 Å². The van der Waals surface area contributed by atoms with E-state index in [1.165, 1.54) is 0 Å². The summed E-state index contributed by atoms with van der Waals surface area (Å²) in [6, 6.07) is -0.0927. The lowest BCUT2D eigenvalue weighted by Crippen LogP contribution is -2.55. The molecule has 4 heterocycles.